The van der Waals surface area contributed by atoms with Gasteiger partial charge in [0.1, 0.15) is 17.2 Å². The quantitative estimate of drug-likeness (QED) is 0.121. The van der Waals surface area contributed by atoms with Crippen molar-refractivity contribution in [3.8, 4) is 17.2 Å². The molecule has 204 valence electrons. The van der Waals surface area contributed by atoms with E-state index < -0.39 is 0 Å². The number of esters is 1. The van der Waals surface area contributed by atoms with E-state index in [4.69, 9.17) is 14.2 Å². The first kappa shape index (κ1) is 29.1. The molecule has 37 heavy (non-hydrogen) atoms. The van der Waals surface area contributed by atoms with Crippen LogP contribution >= 0.6 is 0 Å². The van der Waals surface area contributed by atoms with Crippen molar-refractivity contribution in [1.29, 1.82) is 0 Å². The number of hydrogen-bond donors (Lipinski definition) is 0. The van der Waals surface area contributed by atoms with Gasteiger partial charge in [0.25, 0.3) is 0 Å². The van der Waals surface area contributed by atoms with E-state index in [2.05, 4.69) is 13.8 Å². The van der Waals surface area contributed by atoms with E-state index in [1.165, 1.54) is 77.0 Å². The first-order valence-corrected chi connectivity index (χ1v) is 14.9. The topological polar surface area (TPSA) is 44.8 Å². The van der Waals surface area contributed by atoms with Gasteiger partial charge in [-0.3, -0.25) is 0 Å². The third-order valence-corrected chi connectivity index (χ3v) is 7.60. The van der Waals surface area contributed by atoms with E-state index in [-0.39, 0.29) is 5.97 Å². The Balaban J connectivity index is 1.30. The molecule has 3 rings (SSSR count). The maximum atomic E-state index is 12.5. The molecule has 4 heteroatoms. The van der Waals surface area contributed by atoms with Gasteiger partial charge in [-0.1, -0.05) is 84.5 Å². The SMILES string of the molecule is CCCCCCOc1ccc(C(=O)Oc2ccc(OCCCC3CCC(CCCCC)CC3)cc2)cc1. The third-order valence-electron chi connectivity index (χ3n) is 7.60. The first-order chi connectivity index (χ1) is 18.2. The largest absolute Gasteiger partial charge is 0.494 e. The highest BCUT2D eigenvalue weighted by Crippen LogP contribution is 2.34. The van der Waals surface area contributed by atoms with Crippen LogP contribution in [0.3, 0.4) is 0 Å². The number of ether oxygens (including phenoxy) is 3. The standard InChI is InChI=1S/C33H48O4/c1-3-5-7-9-25-35-30-19-17-29(18-20-30)33(34)37-32-23-21-31(22-24-32)36-26-10-12-28-15-13-27(14-16-28)11-8-6-4-2/h17-24,27-28H,3-16,25-26H2,1-2H3. The lowest BCUT2D eigenvalue weighted by Gasteiger charge is -2.28. The van der Waals surface area contributed by atoms with Crippen molar-refractivity contribution in [2.45, 2.75) is 104 Å². The molecule has 1 fully saturated rings. The zero-order valence-corrected chi connectivity index (χ0v) is 23.2. The van der Waals surface area contributed by atoms with Gasteiger partial charge in [0.05, 0.1) is 18.8 Å². The maximum absolute atomic E-state index is 12.5. The van der Waals surface area contributed by atoms with Gasteiger partial charge in [0.2, 0.25) is 0 Å². The highest BCUT2D eigenvalue weighted by Gasteiger charge is 2.20. The van der Waals surface area contributed by atoms with Gasteiger partial charge < -0.3 is 14.2 Å². The second-order valence-corrected chi connectivity index (χ2v) is 10.7. The van der Waals surface area contributed by atoms with Crippen LogP contribution in [0.15, 0.2) is 48.5 Å². The molecule has 0 saturated heterocycles. The van der Waals surface area contributed by atoms with Crippen LogP contribution in [-0.2, 0) is 0 Å². The average Bonchev–Trinajstić information content (AvgIpc) is 2.93. The molecule has 0 N–H and O–H groups in total. The van der Waals surface area contributed by atoms with Gasteiger partial charge >= 0.3 is 5.97 Å². The molecule has 0 bridgehead atoms. The van der Waals surface area contributed by atoms with Crippen molar-refractivity contribution in [2.24, 2.45) is 11.8 Å². The Morgan fingerprint density at radius 2 is 1.11 bits per heavy atom. The molecule has 2 aromatic carbocycles. The summed E-state index contributed by atoms with van der Waals surface area (Å²) in [5.41, 5.74) is 0.508. The Morgan fingerprint density at radius 1 is 0.622 bits per heavy atom. The van der Waals surface area contributed by atoms with E-state index in [9.17, 15) is 4.79 Å². The average molecular weight is 509 g/mol. The number of unbranched alkanes of at least 4 members (excludes halogenated alkanes) is 5. The normalized spacial score (nSPS) is 17.4. The number of carbonyl (C=O) groups excluding carboxylic acids is 1. The number of benzene rings is 2. The summed E-state index contributed by atoms with van der Waals surface area (Å²) in [6.07, 6.45) is 18.3. The summed E-state index contributed by atoms with van der Waals surface area (Å²) in [6.45, 7) is 5.93. The van der Waals surface area contributed by atoms with E-state index in [0.717, 1.165) is 42.8 Å². The zero-order chi connectivity index (χ0) is 26.1. The van der Waals surface area contributed by atoms with Gasteiger partial charge in [-0.15, -0.1) is 0 Å². The molecule has 0 unspecified atom stereocenters. The smallest absolute Gasteiger partial charge is 0.343 e. The fourth-order valence-corrected chi connectivity index (χ4v) is 5.23. The van der Waals surface area contributed by atoms with E-state index in [1.54, 1.807) is 24.3 Å². The monoisotopic (exact) mass is 508 g/mol. The van der Waals surface area contributed by atoms with Crippen molar-refractivity contribution in [2.75, 3.05) is 13.2 Å². The van der Waals surface area contributed by atoms with Crippen molar-refractivity contribution < 1.29 is 19.0 Å². The number of hydrogen-bond acceptors (Lipinski definition) is 4. The fourth-order valence-electron chi connectivity index (χ4n) is 5.23. The highest BCUT2D eigenvalue weighted by atomic mass is 16.5. The van der Waals surface area contributed by atoms with Crippen LogP contribution in [0.1, 0.15) is 114 Å². The molecule has 1 aliphatic rings. The first-order valence-electron chi connectivity index (χ1n) is 14.9. The summed E-state index contributed by atoms with van der Waals surface area (Å²) in [5, 5.41) is 0. The summed E-state index contributed by atoms with van der Waals surface area (Å²) < 4.78 is 17.2. The van der Waals surface area contributed by atoms with Crippen LogP contribution in [0.4, 0.5) is 0 Å². The minimum atomic E-state index is -0.372. The summed E-state index contributed by atoms with van der Waals surface area (Å²) in [7, 11) is 0. The van der Waals surface area contributed by atoms with Crippen molar-refractivity contribution in [3.63, 3.8) is 0 Å². The summed E-state index contributed by atoms with van der Waals surface area (Å²) in [6, 6.07) is 14.5. The van der Waals surface area contributed by atoms with Crippen LogP contribution in [-0.4, -0.2) is 19.2 Å². The summed E-state index contributed by atoms with van der Waals surface area (Å²) >= 11 is 0. The Hall–Kier alpha value is -2.49. The highest BCUT2D eigenvalue weighted by molar-refractivity contribution is 5.91. The predicted molar refractivity (Wildman–Crippen MR) is 152 cm³/mol. The molecule has 2 aromatic rings. The molecule has 0 heterocycles. The maximum Gasteiger partial charge on any atom is 0.343 e. The molecule has 0 aliphatic heterocycles. The molecule has 1 saturated carbocycles. The molecule has 0 spiro atoms. The molecule has 0 atom stereocenters. The third kappa shape index (κ3) is 11.2. The van der Waals surface area contributed by atoms with Crippen molar-refractivity contribution in [3.05, 3.63) is 54.1 Å². The second kappa shape index (κ2) is 17.1. The van der Waals surface area contributed by atoms with E-state index in [1.807, 2.05) is 24.3 Å². The molecular weight excluding hydrogens is 460 g/mol. The number of carbonyl (C=O) groups is 1. The van der Waals surface area contributed by atoms with Crippen LogP contribution in [0.2, 0.25) is 0 Å². The van der Waals surface area contributed by atoms with Gasteiger partial charge in [-0.05, 0) is 79.6 Å². The van der Waals surface area contributed by atoms with Gasteiger partial charge in [0.15, 0.2) is 0 Å². The molecule has 0 amide bonds. The van der Waals surface area contributed by atoms with Gasteiger partial charge in [-0.25, -0.2) is 4.79 Å². The minimum absolute atomic E-state index is 0.372. The van der Waals surface area contributed by atoms with E-state index >= 15 is 0 Å². The molecular formula is C33H48O4. The van der Waals surface area contributed by atoms with Gasteiger partial charge in [-0.2, -0.15) is 0 Å². The molecule has 0 aromatic heterocycles. The Labute approximate surface area is 225 Å². The number of rotatable bonds is 17. The lowest BCUT2D eigenvalue weighted by Crippen LogP contribution is -2.15. The molecule has 1 aliphatic carbocycles. The van der Waals surface area contributed by atoms with Crippen LogP contribution < -0.4 is 14.2 Å². The second-order valence-electron chi connectivity index (χ2n) is 10.7. The van der Waals surface area contributed by atoms with Crippen molar-refractivity contribution in [1.82, 2.24) is 0 Å². The van der Waals surface area contributed by atoms with Crippen LogP contribution in [0.25, 0.3) is 0 Å². The lowest BCUT2D eigenvalue weighted by molar-refractivity contribution is 0.0734. The zero-order valence-electron chi connectivity index (χ0n) is 23.2. The Kier molecular flexibility index (Phi) is 13.4. The summed E-state index contributed by atoms with van der Waals surface area (Å²) in [5.74, 6) is 3.60. The van der Waals surface area contributed by atoms with Crippen molar-refractivity contribution >= 4 is 5.97 Å². The van der Waals surface area contributed by atoms with Crippen LogP contribution in [0.5, 0.6) is 17.2 Å². The minimum Gasteiger partial charge on any atom is -0.494 e. The predicted octanol–water partition coefficient (Wildman–Crippen LogP) is 9.41. The molecule has 0 radical (unpaired) electrons. The molecule has 4 nitrogen and oxygen atoms in total. The van der Waals surface area contributed by atoms with Crippen LogP contribution in [0, 0.1) is 11.8 Å². The van der Waals surface area contributed by atoms with E-state index in [0.29, 0.717) is 17.9 Å². The Morgan fingerprint density at radius 3 is 1.70 bits per heavy atom. The Bertz CT molecular complexity index is 866. The summed E-state index contributed by atoms with van der Waals surface area (Å²) in [4.78, 5) is 12.5. The lowest BCUT2D eigenvalue weighted by atomic mass is 9.78. The fraction of sp³-hybridized carbons (Fsp3) is 0.606. The van der Waals surface area contributed by atoms with Gasteiger partial charge in [0, 0.05) is 0 Å².